The van der Waals surface area contributed by atoms with E-state index in [0.717, 1.165) is 31.7 Å². The number of hydrogen-bond acceptors (Lipinski definition) is 4. The summed E-state index contributed by atoms with van der Waals surface area (Å²) in [5, 5.41) is 2.52. The second-order valence-electron chi connectivity index (χ2n) is 8.80. The number of fused-ring (bicyclic) bond motifs is 1. The molecule has 0 radical (unpaired) electrons. The molecule has 1 heterocycles. The minimum absolute atomic E-state index is 0.0296. The number of imidazole rings is 1. The zero-order valence-electron chi connectivity index (χ0n) is 19.4. The predicted molar refractivity (Wildman–Crippen MR) is 132 cm³/mol. The molecule has 1 aliphatic rings. The van der Waals surface area contributed by atoms with Gasteiger partial charge >= 0.3 is 0 Å². The highest BCUT2D eigenvalue weighted by Gasteiger charge is 2.24. The second-order valence-corrected chi connectivity index (χ2v) is 9.20. The van der Waals surface area contributed by atoms with Gasteiger partial charge in [0.25, 0.3) is 11.8 Å². The summed E-state index contributed by atoms with van der Waals surface area (Å²) >= 11 is 5.81. The Hall–Kier alpha value is -3.46. The Morgan fingerprint density at radius 1 is 1.14 bits per heavy atom. The van der Waals surface area contributed by atoms with Crippen LogP contribution in [0.3, 0.4) is 0 Å². The summed E-state index contributed by atoms with van der Waals surface area (Å²) in [6, 6.07) is 9.01. The van der Waals surface area contributed by atoms with Crippen molar-refractivity contribution in [1.82, 2.24) is 14.5 Å². The molecular formula is C25H27ClFN5O3. The van der Waals surface area contributed by atoms with Gasteiger partial charge in [0.2, 0.25) is 11.9 Å². The van der Waals surface area contributed by atoms with E-state index < -0.39 is 17.6 Å². The third kappa shape index (κ3) is 5.45. The lowest BCUT2D eigenvalue weighted by Crippen LogP contribution is -2.38. The second kappa shape index (κ2) is 10.4. The monoisotopic (exact) mass is 499 g/mol. The van der Waals surface area contributed by atoms with Gasteiger partial charge in [-0.1, -0.05) is 30.9 Å². The van der Waals surface area contributed by atoms with Crippen molar-refractivity contribution >= 4 is 46.3 Å². The lowest BCUT2D eigenvalue weighted by atomic mass is 9.94. The van der Waals surface area contributed by atoms with Crippen LogP contribution in [0, 0.1) is 5.82 Å². The van der Waals surface area contributed by atoms with E-state index in [4.69, 9.17) is 17.3 Å². The molecule has 1 fully saturated rings. The molecule has 3 N–H and O–H groups in total. The molecule has 0 unspecified atom stereocenters. The smallest absolute Gasteiger partial charge is 0.258 e. The van der Waals surface area contributed by atoms with Crippen molar-refractivity contribution in [3.8, 4) is 0 Å². The van der Waals surface area contributed by atoms with Crippen molar-refractivity contribution in [1.29, 1.82) is 0 Å². The number of aromatic nitrogens is 2. The van der Waals surface area contributed by atoms with Gasteiger partial charge in [0.05, 0.1) is 16.1 Å². The highest BCUT2D eigenvalue weighted by atomic mass is 35.5. The molecule has 3 amide bonds. The Kier molecular flexibility index (Phi) is 7.35. The number of halogens is 2. The van der Waals surface area contributed by atoms with Gasteiger partial charge in [0, 0.05) is 37.2 Å². The number of nitrogens with zero attached hydrogens (tertiary/aromatic N) is 3. The van der Waals surface area contributed by atoms with Crippen molar-refractivity contribution in [3.05, 3.63) is 58.4 Å². The van der Waals surface area contributed by atoms with Crippen molar-refractivity contribution < 1.29 is 18.8 Å². The predicted octanol–water partition coefficient (Wildman–Crippen LogP) is 4.36. The third-order valence-electron chi connectivity index (χ3n) is 6.43. The maximum absolute atomic E-state index is 13.5. The quantitative estimate of drug-likeness (QED) is 0.503. The van der Waals surface area contributed by atoms with Gasteiger partial charge in [-0.15, -0.1) is 0 Å². The number of primary amides is 1. The van der Waals surface area contributed by atoms with E-state index in [2.05, 4.69) is 10.3 Å². The molecule has 1 aliphatic carbocycles. The molecule has 35 heavy (non-hydrogen) atoms. The van der Waals surface area contributed by atoms with Gasteiger partial charge in [-0.2, -0.15) is 0 Å². The zero-order valence-corrected chi connectivity index (χ0v) is 20.1. The maximum Gasteiger partial charge on any atom is 0.258 e. The van der Waals surface area contributed by atoms with Gasteiger partial charge in [-0.3, -0.25) is 19.7 Å². The number of hydrogen-bond donors (Lipinski definition) is 2. The van der Waals surface area contributed by atoms with E-state index in [9.17, 15) is 18.8 Å². The van der Waals surface area contributed by atoms with Crippen molar-refractivity contribution in [2.75, 3.05) is 12.4 Å². The standard InChI is InChI=1S/C25H27ClFN5O3/c1-31(17-5-3-2-4-6-17)24(35)16-8-10-21-20(14-16)29-25(32(21)12-11-22(28)33)30-23(34)15-7-9-19(27)18(26)13-15/h7-10,13-14,17H,2-6,11-12H2,1H3,(H2,28,33)(H,29,30,34). The lowest BCUT2D eigenvalue weighted by Gasteiger charge is -2.31. The van der Waals surface area contributed by atoms with Crippen LogP contribution >= 0.6 is 11.6 Å². The third-order valence-corrected chi connectivity index (χ3v) is 6.72. The highest BCUT2D eigenvalue weighted by Crippen LogP contribution is 2.26. The number of rotatable bonds is 7. The summed E-state index contributed by atoms with van der Waals surface area (Å²) < 4.78 is 15.1. The van der Waals surface area contributed by atoms with E-state index in [0.29, 0.717) is 16.6 Å². The number of benzene rings is 2. The summed E-state index contributed by atoms with van der Waals surface area (Å²) in [4.78, 5) is 43.7. The average Bonchev–Trinajstić information content (AvgIpc) is 3.19. The van der Waals surface area contributed by atoms with Crippen LogP contribution in [0.2, 0.25) is 5.02 Å². The van der Waals surface area contributed by atoms with Crippen molar-refractivity contribution in [3.63, 3.8) is 0 Å². The normalized spacial score (nSPS) is 14.1. The lowest BCUT2D eigenvalue weighted by molar-refractivity contribution is -0.118. The first-order valence-electron chi connectivity index (χ1n) is 11.6. The number of carbonyl (C=O) groups is 3. The van der Waals surface area contributed by atoms with Gasteiger partial charge in [0.1, 0.15) is 5.82 Å². The molecule has 0 saturated heterocycles. The molecule has 184 valence electrons. The van der Waals surface area contributed by atoms with Crippen molar-refractivity contribution in [2.45, 2.75) is 51.1 Å². The van der Waals surface area contributed by atoms with E-state index in [1.807, 2.05) is 7.05 Å². The number of amides is 3. The number of nitrogens with two attached hydrogens (primary N) is 1. The molecule has 1 saturated carbocycles. The van der Waals surface area contributed by atoms with Gasteiger partial charge in [0.15, 0.2) is 0 Å². The molecule has 1 aromatic heterocycles. The Balaban J connectivity index is 1.64. The SMILES string of the molecule is CN(C(=O)c1ccc2c(c1)nc(NC(=O)c1ccc(F)c(Cl)c1)n2CCC(N)=O)C1CCCCC1. The minimum atomic E-state index is -0.632. The van der Waals surface area contributed by atoms with Crippen LogP contribution in [0.15, 0.2) is 36.4 Å². The van der Waals surface area contributed by atoms with Crippen molar-refractivity contribution in [2.24, 2.45) is 5.73 Å². The zero-order chi connectivity index (χ0) is 25.1. The number of aryl methyl sites for hydroxylation is 1. The molecule has 0 bridgehead atoms. The molecule has 0 atom stereocenters. The van der Waals surface area contributed by atoms with Gasteiger partial charge in [-0.25, -0.2) is 9.37 Å². The molecule has 4 rings (SSSR count). The topological polar surface area (TPSA) is 110 Å². The fourth-order valence-electron chi connectivity index (χ4n) is 4.46. The van der Waals surface area contributed by atoms with Crippen LogP contribution in [0.5, 0.6) is 0 Å². The van der Waals surface area contributed by atoms with E-state index in [1.54, 1.807) is 27.7 Å². The summed E-state index contributed by atoms with van der Waals surface area (Å²) in [6.07, 6.45) is 5.46. The van der Waals surface area contributed by atoms with Crippen LogP contribution in [0.4, 0.5) is 10.3 Å². The first-order valence-corrected chi connectivity index (χ1v) is 11.9. The first-order chi connectivity index (χ1) is 16.7. The van der Waals surface area contributed by atoms with Crippen LogP contribution < -0.4 is 11.1 Å². The Labute approximate surface area is 207 Å². The Morgan fingerprint density at radius 2 is 1.86 bits per heavy atom. The van der Waals surface area contributed by atoms with E-state index in [1.165, 1.54) is 18.6 Å². The van der Waals surface area contributed by atoms with E-state index in [-0.39, 0.29) is 41.4 Å². The van der Waals surface area contributed by atoms with Gasteiger partial charge in [-0.05, 0) is 49.2 Å². The first kappa shape index (κ1) is 24.7. The summed E-state index contributed by atoms with van der Waals surface area (Å²) in [5.74, 6) is -1.59. The largest absolute Gasteiger partial charge is 0.370 e. The van der Waals surface area contributed by atoms with E-state index >= 15 is 0 Å². The molecular weight excluding hydrogens is 473 g/mol. The van der Waals surface area contributed by atoms with Crippen LogP contribution in [-0.2, 0) is 11.3 Å². The minimum Gasteiger partial charge on any atom is -0.370 e. The molecule has 10 heteroatoms. The molecule has 0 aliphatic heterocycles. The molecule has 0 spiro atoms. The fraction of sp³-hybridized carbons (Fsp3) is 0.360. The number of carbonyl (C=O) groups excluding carboxylic acids is 3. The summed E-state index contributed by atoms with van der Waals surface area (Å²) in [6.45, 7) is 0.181. The van der Waals surface area contributed by atoms with Crippen LogP contribution in [0.25, 0.3) is 11.0 Å². The molecule has 3 aromatic rings. The van der Waals surface area contributed by atoms with Crippen LogP contribution in [-0.4, -0.2) is 45.3 Å². The summed E-state index contributed by atoms with van der Waals surface area (Å²) in [7, 11) is 1.83. The average molecular weight is 500 g/mol. The highest BCUT2D eigenvalue weighted by molar-refractivity contribution is 6.31. The maximum atomic E-state index is 13.5. The molecule has 2 aromatic carbocycles. The number of nitrogens with one attached hydrogen (secondary N) is 1. The van der Waals surface area contributed by atoms with Crippen LogP contribution in [0.1, 0.15) is 59.2 Å². The molecule has 8 nitrogen and oxygen atoms in total. The van der Waals surface area contributed by atoms with Gasteiger partial charge < -0.3 is 15.2 Å². The fourth-order valence-corrected chi connectivity index (χ4v) is 4.64. The summed E-state index contributed by atoms with van der Waals surface area (Å²) in [5.41, 5.74) is 7.10. The Morgan fingerprint density at radius 3 is 2.54 bits per heavy atom. The number of anilines is 1. The Bertz CT molecular complexity index is 1290.